The molecule has 1 saturated heterocycles. The quantitative estimate of drug-likeness (QED) is 0.726. The lowest BCUT2D eigenvalue weighted by Gasteiger charge is -2.22. The zero-order valence-electron chi connectivity index (χ0n) is 11.0. The Morgan fingerprint density at radius 2 is 2.15 bits per heavy atom. The van der Waals surface area contributed by atoms with Crippen LogP contribution in [0, 0.1) is 0 Å². The van der Waals surface area contributed by atoms with Gasteiger partial charge in [0.25, 0.3) is 5.91 Å². The molecular weight excluding hydrogens is 282 g/mol. The third kappa shape index (κ3) is 4.48. The molecule has 1 fully saturated rings. The highest BCUT2D eigenvalue weighted by Crippen LogP contribution is 2.16. The molecule has 1 heterocycles. The predicted octanol–water partition coefficient (Wildman–Crippen LogP) is -0.0150. The Labute approximate surface area is 117 Å². The van der Waals surface area contributed by atoms with E-state index in [0.29, 0.717) is 24.5 Å². The summed E-state index contributed by atoms with van der Waals surface area (Å²) in [6.07, 6.45) is 0.537. The van der Waals surface area contributed by atoms with Crippen LogP contribution in [0.3, 0.4) is 0 Å². The van der Waals surface area contributed by atoms with Crippen LogP contribution in [-0.4, -0.2) is 46.4 Å². The summed E-state index contributed by atoms with van der Waals surface area (Å²) in [5, 5.41) is 5.77. The highest BCUT2D eigenvalue weighted by molar-refractivity contribution is 7.92. The van der Waals surface area contributed by atoms with E-state index >= 15 is 0 Å². The van der Waals surface area contributed by atoms with Gasteiger partial charge >= 0.3 is 0 Å². The van der Waals surface area contributed by atoms with Crippen molar-refractivity contribution >= 4 is 27.3 Å². The summed E-state index contributed by atoms with van der Waals surface area (Å²) in [4.78, 5) is 11.9. The lowest BCUT2D eigenvalue weighted by atomic mass is 10.2. The number of carbonyl (C=O) groups is 1. The molecule has 1 aromatic carbocycles. The van der Waals surface area contributed by atoms with E-state index in [4.69, 9.17) is 4.74 Å². The molecule has 8 heteroatoms. The first-order chi connectivity index (χ1) is 9.44. The van der Waals surface area contributed by atoms with E-state index in [1.807, 2.05) is 0 Å². The van der Waals surface area contributed by atoms with Crippen LogP contribution in [0.25, 0.3) is 0 Å². The lowest BCUT2D eigenvalue weighted by Crippen LogP contribution is -2.45. The average Bonchev–Trinajstić information content (AvgIpc) is 2.38. The molecule has 0 aromatic heterocycles. The van der Waals surface area contributed by atoms with Crippen molar-refractivity contribution in [3.05, 3.63) is 24.3 Å². The molecule has 0 saturated carbocycles. The number of benzene rings is 1. The van der Waals surface area contributed by atoms with E-state index in [0.717, 1.165) is 12.8 Å². The molecule has 20 heavy (non-hydrogen) atoms. The fourth-order valence-electron chi connectivity index (χ4n) is 1.83. The molecule has 1 aliphatic rings. The first kappa shape index (κ1) is 14.8. The normalized spacial score (nSPS) is 19.4. The topological polar surface area (TPSA) is 96.5 Å². The summed E-state index contributed by atoms with van der Waals surface area (Å²) in [5.74, 6) is -0.256. The Bertz CT molecular complexity index is 582. The molecular formula is C12H17N3O4S. The van der Waals surface area contributed by atoms with Crippen molar-refractivity contribution in [2.75, 3.05) is 36.0 Å². The second-order valence-electron chi connectivity index (χ2n) is 4.51. The highest BCUT2D eigenvalue weighted by atomic mass is 32.2. The summed E-state index contributed by atoms with van der Waals surface area (Å²) < 4.78 is 30.0. The lowest BCUT2D eigenvalue weighted by molar-refractivity contribution is -0.128. The third-order valence-corrected chi connectivity index (χ3v) is 3.26. The number of hydrogen-bond acceptors (Lipinski definition) is 5. The summed E-state index contributed by atoms with van der Waals surface area (Å²) in [6.45, 7) is 1.69. The molecule has 1 unspecified atom stereocenters. The summed E-state index contributed by atoms with van der Waals surface area (Å²) in [7, 11) is -3.34. The van der Waals surface area contributed by atoms with Gasteiger partial charge in [-0.05, 0) is 18.2 Å². The number of anilines is 2. The number of morpholine rings is 1. The van der Waals surface area contributed by atoms with Crippen LogP contribution in [0.2, 0.25) is 0 Å². The molecule has 110 valence electrons. The van der Waals surface area contributed by atoms with Crippen molar-refractivity contribution < 1.29 is 17.9 Å². The van der Waals surface area contributed by atoms with Gasteiger partial charge in [-0.3, -0.25) is 9.52 Å². The van der Waals surface area contributed by atoms with E-state index in [1.54, 1.807) is 24.3 Å². The average molecular weight is 299 g/mol. The Hall–Kier alpha value is -1.64. The molecule has 2 rings (SSSR count). The van der Waals surface area contributed by atoms with Gasteiger partial charge in [0.05, 0.1) is 18.6 Å². The van der Waals surface area contributed by atoms with Crippen molar-refractivity contribution in [1.29, 1.82) is 0 Å². The zero-order valence-corrected chi connectivity index (χ0v) is 11.9. The number of carbonyl (C=O) groups excluding carboxylic acids is 1. The van der Waals surface area contributed by atoms with Gasteiger partial charge in [0.15, 0.2) is 0 Å². The third-order valence-electron chi connectivity index (χ3n) is 2.65. The van der Waals surface area contributed by atoms with E-state index in [9.17, 15) is 13.2 Å². The Balaban J connectivity index is 2.02. The molecule has 0 spiro atoms. The van der Waals surface area contributed by atoms with Crippen LogP contribution in [0.1, 0.15) is 0 Å². The SMILES string of the molecule is CS(=O)(=O)Nc1cccc(NC(=O)C2CNCCO2)c1. The van der Waals surface area contributed by atoms with Gasteiger partial charge in [-0.25, -0.2) is 8.42 Å². The maximum atomic E-state index is 11.9. The predicted molar refractivity (Wildman–Crippen MR) is 76.1 cm³/mol. The van der Waals surface area contributed by atoms with Crippen LogP contribution in [0.4, 0.5) is 11.4 Å². The van der Waals surface area contributed by atoms with Gasteiger partial charge in [0.2, 0.25) is 10.0 Å². The van der Waals surface area contributed by atoms with Crippen LogP contribution < -0.4 is 15.4 Å². The number of hydrogen-bond donors (Lipinski definition) is 3. The van der Waals surface area contributed by atoms with Crippen LogP contribution in [0.5, 0.6) is 0 Å². The Kier molecular flexibility index (Phi) is 4.58. The number of nitrogens with one attached hydrogen (secondary N) is 3. The van der Waals surface area contributed by atoms with E-state index < -0.39 is 16.1 Å². The number of rotatable bonds is 4. The molecule has 1 aliphatic heterocycles. The van der Waals surface area contributed by atoms with Crippen LogP contribution in [0.15, 0.2) is 24.3 Å². The van der Waals surface area contributed by atoms with Gasteiger partial charge < -0.3 is 15.4 Å². The second kappa shape index (κ2) is 6.21. The highest BCUT2D eigenvalue weighted by Gasteiger charge is 2.21. The van der Waals surface area contributed by atoms with Crippen LogP contribution in [-0.2, 0) is 19.6 Å². The maximum absolute atomic E-state index is 11.9. The van der Waals surface area contributed by atoms with Gasteiger partial charge in [-0.1, -0.05) is 6.07 Å². The van der Waals surface area contributed by atoms with Crippen LogP contribution >= 0.6 is 0 Å². The second-order valence-corrected chi connectivity index (χ2v) is 6.26. The maximum Gasteiger partial charge on any atom is 0.254 e. The van der Waals surface area contributed by atoms with Gasteiger partial charge in [-0.2, -0.15) is 0 Å². The number of sulfonamides is 1. The smallest absolute Gasteiger partial charge is 0.254 e. The summed E-state index contributed by atoms with van der Waals surface area (Å²) >= 11 is 0. The van der Waals surface area contributed by atoms with E-state index in [-0.39, 0.29) is 5.91 Å². The summed E-state index contributed by atoms with van der Waals surface area (Å²) in [6, 6.07) is 6.50. The van der Waals surface area contributed by atoms with Crippen molar-refractivity contribution in [1.82, 2.24) is 5.32 Å². The molecule has 1 amide bonds. The molecule has 1 aromatic rings. The monoisotopic (exact) mass is 299 g/mol. The minimum Gasteiger partial charge on any atom is -0.366 e. The van der Waals surface area contributed by atoms with E-state index in [2.05, 4.69) is 15.4 Å². The molecule has 0 bridgehead atoms. The minimum atomic E-state index is -3.34. The van der Waals surface area contributed by atoms with Crippen molar-refractivity contribution in [3.8, 4) is 0 Å². The zero-order chi connectivity index (χ0) is 14.6. The van der Waals surface area contributed by atoms with Crippen molar-refractivity contribution in [3.63, 3.8) is 0 Å². The molecule has 0 aliphatic carbocycles. The molecule has 0 radical (unpaired) electrons. The van der Waals surface area contributed by atoms with Crippen molar-refractivity contribution in [2.24, 2.45) is 0 Å². The molecule has 1 atom stereocenters. The first-order valence-corrected chi connectivity index (χ1v) is 8.04. The van der Waals surface area contributed by atoms with Gasteiger partial charge in [-0.15, -0.1) is 0 Å². The summed E-state index contributed by atoms with van der Waals surface area (Å²) in [5.41, 5.74) is 0.908. The number of amides is 1. The molecule has 3 N–H and O–H groups in total. The minimum absolute atomic E-state index is 0.256. The standard InChI is InChI=1S/C12H17N3O4S/c1-20(17,18)15-10-4-2-3-9(7-10)14-12(16)11-8-13-5-6-19-11/h2-4,7,11,13,15H,5-6,8H2,1H3,(H,14,16). The largest absolute Gasteiger partial charge is 0.366 e. The Morgan fingerprint density at radius 3 is 2.80 bits per heavy atom. The first-order valence-electron chi connectivity index (χ1n) is 6.15. The van der Waals surface area contributed by atoms with Gasteiger partial charge in [0.1, 0.15) is 6.10 Å². The fourth-order valence-corrected chi connectivity index (χ4v) is 2.39. The fraction of sp³-hybridized carbons (Fsp3) is 0.417. The van der Waals surface area contributed by atoms with Gasteiger partial charge in [0, 0.05) is 18.8 Å². The number of ether oxygens (including phenoxy) is 1. The Morgan fingerprint density at radius 1 is 1.40 bits per heavy atom. The van der Waals surface area contributed by atoms with Crippen molar-refractivity contribution in [2.45, 2.75) is 6.10 Å². The molecule has 7 nitrogen and oxygen atoms in total. The van der Waals surface area contributed by atoms with E-state index in [1.165, 1.54) is 0 Å².